The van der Waals surface area contributed by atoms with Gasteiger partial charge in [-0.15, -0.1) is 0 Å². The number of methoxy groups -OCH3 is 2. The molecule has 0 saturated heterocycles. The minimum atomic E-state index is -0.120. The van der Waals surface area contributed by atoms with Crippen molar-refractivity contribution in [3.63, 3.8) is 0 Å². The maximum absolute atomic E-state index is 12.0. The highest BCUT2D eigenvalue weighted by Gasteiger charge is 2.08. The highest BCUT2D eigenvalue weighted by molar-refractivity contribution is 5.94. The van der Waals surface area contributed by atoms with E-state index in [2.05, 4.69) is 36.2 Å². The van der Waals surface area contributed by atoms with Gasteiger partial charge >= 0.3 is 0 Å². The summed E-state index contributed by atoms with van der Waals surface area (Å²) in [5.41, 5.74) is 2.45. The second kappa shape index (κ2) is 17.1. The van der Waals surface area contributed by atoms with Crippen LogP contribution in [0.4, 0.5) is 23.5 Å². The van der Waals surface area contributed by atoms with E-state index in [0.29, 0.717) is 75.2 Å². The summed E-state index contributed by atoms with van der Waals surface area (Å²) in [6.07, 6.45) is 0. The molecular formula is C31H37N7O5. The van der Waals surface area contributed by atoms with Crippen molar-refractivity contribution in [3.8, 4) is 11.5 Å². The molecule has 0 aliphatic rings. The monoisotopic (exact) mass is 587 g/mol. The molecule has 0 unspecified atom stereocenters. The van der Waals surface area contributed by atoms with E-state index in [-0.39, 0.29) is 5.91 Å². The minimum absolute atomic E-state index is 0.120. The third-order valence-corrected chi connectivity index (χ3v) is 6.04. The van der Waals surface area contributed by atoms with Gasteiger partial charge in [-0.2, -0.15) is 15.0 Å². The Hall–Kier alpha value is -4.94. The molecule has 4 N–H and O–H groups in total. The van der Waals surface area contributed by atoms with Gasteiger partial charge in [-0.1, -0.05) is 36.4 Å². The zero-order valence-corrected chi connectivity index (χ0v) is 24.3. The second-order valence-corrected chi connectivity index (χ2v) is 9.14. The first-order valence-electron chi connectivity index (χ1n) is 13.9. The van der Waals surface area contributed by atoms with Crippen LogP contribution in [0.3, 0.4) is 0 Å². The summed E-state index contributed by atoms with van der Waals surface area (Å²) in [5, 5.41) is 12.5. The van der Waals surface area contributed by atoms with Crippen molar-refractivity contribution < 1.29 is 23.7 Å². The largest absolute Gasteiger partial charge is 0.497 e. The van der Waals surface area contributed by atoms with Crippen LogP contribution in [0.25, 0.3) is 0 Å². The third-order valence-electron chi connectivity index (χ3n) is 6.04. The van der Waals surface area contributed by atoms with Crippen LogP contribution < -0.4 is 30.7 Å². The van der Waals surface area contributed by atoms with Crippen molar-refractivity contribution in [3.05, 3.63) is 90.0 Å². The van der Waals surface area contributed by atoms with E-state index in [4.69, 9.17) is 18.9 Å². The number of nitrogens with one attached hydrogen (secondary N) is 4. The van der Waals surface area contributed by atoms with E-state index in [1.807, 2.05) is 66.7 Å². The van der Waals surface area contributed by atoms with Crippen LogP contribution in [0.15, 0.2) is 78.9 Å². The molecule has 0 aliphatic heterocycles. The predicted molar refractivity (Wildman–Crippen MR) is 165 cm³/mol. The van der Waals surface area contributed by atoms with E-state index in [1.165, 1.54) is 0 Å². The van der Waals surface area contributed by atoms with E-state index in [9.17, 15) is 4.79 Å². The van der Waals surface area contributed by atoms with Crippen molar-refractivity contribution in [2.24, 2.45) is 0 Å². The van der Waals surface area contributed by atoms with Crippen molar-refractivity contribution in [1.82, 2.24) is 20.3 Å². The van der Waals surface area contributed by atoms with E-state index in [0.717, 1.165) is 17.0 Å². The van der Waals surface area contributed by atoms with E-state index >= 15 is 0 Å². The van der Waals surface area contributed by atoms with Gasteiger partial charge in [-0.3, -0.25) is 4.79 Å². The fourth-order valence-corrected chi connectivity index (χ4v) is 3.83. The van der Waals surface area contributed by atoms with Crippen LogP contribution in [-0.2, 0) is 16.0 Å². The summed E-state index contributed by atoms with van der Waals surface area (Å²) < 4.78 is 21.7. The lowest BCUT2D eigenvalue weighted by Gasteiger charge is -2.12. The van der Waals surface area contributed by atoms with Gasteiger partial charge < -0.3 is 40.2 Å². The number of carbonyl (C=O) groups is 1. The minimum Gasteiger partial charge on any atom is -0.497 e. The maximum Gasteiger partial charge on any atom is 0.251 e. The van der Waals surface area contributed by atoms with E-state index < -0.39 is 0 Å². The fourth-order valence-electron chi connectivity index (χ4n) is 3.83. The molecule has 0 radical (unpaired) electrons. The average molecular weight is 588 g/mol. The number of anilines is 4. The first-order chi connectivity index (χ1) is 21.1. The normalized spacial score (nSPS) is 10.6. The summed E-state index contributed by atoms with van der Waals surface area (Å²) in [7, 11) is 3.26. The first-order valence-corrected chi connectivity index (χ1v) is 13.9. The molecule has 1 amide bonds. The van der Waals surface area contributed by atoms with Crippen molar-refractivity contribution in [1.29, 1.82) is 0 Å². The molecule has 12 nitrogen and oxygen atoms in total. The van der Waals surface area contributed by atoms with Gasteiger partial charge in [0.2, 0.25) is 17.8 Å². The number of aromatic nitrogens is 3. The average Bonchev–Trinajstić information content (AvgIpc) is 3.05. The van der Waals surface area contributed by atoms with Crippen LogP contribution >= 0.6 is 0 Å². The lowest BCUT2D eigenvalue weighted by molar-refractivity contribution is 0.0519. The van der Waals surface area contributed by atoms with Gasteiger partial charge in [-0.05, 0) is 42.0 Å². The summed E-state index contributed by atoms with van der Waals surface area (Å²) in [4.78, 5) is 25.6. The number of rotatable bonds is 18. The Labute approximate surface area is 251 Å². The molecule has 0 atom stereocenters. The lowest BCUT2D eigenvalue weighted by Crippen LogP contribution is -2.27. The van der Waals surface area contributed by atoms with E-state index in [1.54, 1.807) is 26.4 Å². The molecule has 226 valence electrons. The Morgan fingerprint density at radius 2 is 1.35 bits per heavy atom. The van der Waals surface area contributed by atoms with Gasteiger partial charge in [-0.25, -0.2) is 0 Å². The van der Waals surface area contributed by atoms with Crippen molar-refractivity contribution in [2.75, 3.05) is 69.7 Å². The third kappa shape index (κ3) is 10.8. The molecule has 4 rings (SSSR count). The summed E-state index contributed by atoms with van der Waals surface area (Å²) in [6.45, 7) is 3.09. The summed E-state index contributed by atoms with van der Waals surface area (Å²) >= 11 is 0. The molecule has 4 aromatic rings. The fraction of sp³-hybridized carbons (Fsp3) is 0.290. The molecule has 0 spiro atoms. The second-order valence-electron chi connectivity index (χ2n) is 9.14. The van der Waals surface area contributed by atoms with Gasteiger partial charge in [0.05, 0.1) is 40.6 Å². The zero-order valence-electron chi connectivity index (χ0n) is 24.3. The van der Waals surface area contributed by atoms with Gasteiger partial charge in [0.15, 0.2) is 0 Å². The number of hydrogen-bond acceptors (Lipinski definition) is 11. The van der Waals surface area contributed by atoms with Crippen LogP contribution in [0, 0.1) is 0 Å². The number of benzene rings is 3. The highest BCUT2D eigenvalue weighted by Crippen LogP contribution is 2.21. The smallest absolute Gasteiger partial charge is 0.251 e. The number of hydrogen-bond donors (Lipinski definition) is 4. The number of ether oxygens (including phenoxy) is 4. The van der Waals surface area contributed by atoms with Crippen LogP contribution in [0.5, 0.6) is 11.5 Å². The topological polar surface area (TPSA) is 141 Å². The standard InChI is InChI=1S/C31H37N7O5/c1-40-26-13-11-23(12-14-26)22-34-30-36-29(37-31(38-30)35-25-9-6-10-27(21-25)41-2)33-16-18-43-20-19-42-17-15-32-28(39)24-7-4-3-5-8-24/h3-14,21H,15-20,22H2,1-2H3,(H,32,39)(H3,33,34,35,36,37,38). The maximum atomic E-state index is 12.0. The molecule has 0 aliphatic carbocycles. The quantitative estimate of drug-likeness (QED) is 0.125. The number of amides is 1. The van der Waals surface area contributed by atoms with Gasteiger partial charge in [0, 0.05) is 37.0 Å². The molecule has 1 heterocycles. The molecule has 0 fully saturated rings. The van der Waals surface area contributed by atoms with Crippen molar-refractivity contribution in [2.45, 2.75) is 6.54 Å². The van der Waals surface area contributed by atoms with Gasteiger partial charge in [0.25, 0.3) is 5.91 Å². The molecule has 43 heavy (non-hydrogen) atoms. The van der Waals surface area contributed by atoms with Gasteiger partial charge in [0.1, 0.15) is 11.5 Å². The number of nitrogens with zero attached hydrogens (tertiary/aromatic N) is 3. The molecule has 1 aromatic heterocycles. The molecule has 12 heteroatoms. The SMILES string of the molecule is COc1ccc(CNc2nc(NCCOCCOCCNC(=O)c3ccccc3)nc(Nc3cccc(OC)c3)n2)cc1. The van der Waals surface area contributed by atoms with Crippen molar-refractivity contribution >= 4 is 29.4 Å². The summed E-state index contributed by atoms with van der Waals surface area (Å²) in [5.74, 6) is 2.57. The van der Waals surface area contributed by atoms with Crippen LogP contribution in [0.1, 0.15) is 15.9 Å². The predicted octanol–water partition coefficient (Wildman–Crippen LogP) is 4.12. The molecular weight excluding hydrogens is 550 g/mol. The molecule has 0 saturated carbocycles. The lowest BCUT2D eigenvalue weighted by atomic mass is 10.2. The summed E-state index contributed by atoms with van der Waals surface area (Å²) in [6, 6.07) is 24.3. The Morgan fingerprint density at radius 1 is 0.674 bits per heavy atom. The molecule has 0 bridgehead atoms. The van der Waals surface area contributed by atoms with Crippen LogP contribution in [-0.4, -0.2) is 74.6 Å². The Bertz CT molecular complexity index is 1410. The Balaban J connectivity index is 1.22. The highest BCUT2D eigenvalue weighted by atomic mass is 16.5. The first kappa shape index (κ1) is 31.0. The Morgan fingerprint density at radius 3 is 2.07 bits per heavy atom. The Kier molecular flexibility index (Phi) is 12.3. The zero-order chi connectivity index (χ0) is 30.1. The van der Waals surface area contributed by atoms with Crippen LogP contribution in [0.2, 0.25) is 0 Å². The molecule has 3 aromatic carbocycles. The number of carbonyl (C=O) groups excluding carboxylic acids is 1.